The quantitative estimate of drug-likeness (QED) is 0.498. The summed E-state index contributed by atoms with van der Waals surface area (Å²) in [7, 11) is 0. The van der Waals surface area contributed by atoms with Crippen LogP contribution in [0.3, 0.4) is 0 Å². The molecule has 0 saturated carbocycles. The van der Waals surface area contributed by atoms with Gasteiger partial charge in [-0.05, 0) is 36.4 Å². The molecule has 7 nitrogen and oxygen atoms in total. The van der Waals surface area contributed by atoms with Gasteiger partial charge in [-0.25, -0.2) is 4.68 Å². The van der Waals surface area contributed by atoms with Crippen molar-refractivity contribution in [3.05, 3.63) is 81.1 Å². The monoisotopic (exact) mass is 410 g/mol. The Balaban J connectivity index is 2.02. The van der Waals surface area contributed by atoms with Gasteiger partial charge in [0.2, 0.25) is 0 Å². The Morgan fingerprint density at radius 1 is 1.21 bits per heavy atom. The fourth-order valence-electron chi connectivity index (χ4n) is 2.41. The molecule has 1 aromatic heterocycles. The molecule has 0 unspecified atom stereocenters. The first-order chi connectivity index (χ1) is 13.2. The first-order valence-corrected chi connectivity index (χ1v) is 8.01. The van der Waals surface area contributed by atoms with Crippen LogP contribution in [0.5, 0.6) is 0 Å². The number of carbonyl (C=O) groups excluding carboxylic acids is 1. The molecule has 0 saturated heterocycles. The Labute approximate surface area is 160 Å². The van der Waals surface area contributed by atoms with Crippen LogP contribution in [0.2, 0.25) is 5.02 Å². The number of amides is 1. The number of aromatic nitrogens is 2. The van der Waals surface area contributed by atoms with Crippen molar-refractivity contribution in [1.82, 2.24) is 9.78 Å². The molecular weight excluding hydrogens is 401 g/mol. The van der Waals surface area contributed by atoms with Gasteiger partial charge < -0.3 is 5.32 Å². The normalized spacial score (nSPS) is 11.3. The van der Waals surface area contributed by atoms with Crippen molar-refractivity contribution in [2.45, 2.75) is 6.18 Å². The maximum atomic E-state index is 13.1. The van der Waals surface area contributed by atoms with Crippen LogP contribution >= 0.6 is 11.6 Å². The van der Waals surface area contributed by atoms with Gasteiger partial charge in [-0.2, -0.15) is 18.3 Å². The predicted octanol–water partition coefficient (Wildman–Crippen LogP) is 4.71. The molecule has 3 aromatic rings. The van der Waals surface area contributed by atoms with Gasteiger partial charge in [0.25, 0.3) is 11.6 Å². The molecule has 144 valence electrons. The standard InChI is InChI=1S/C17H10ClF3N4O3/c18-12-4-2-10(8-15(12)25(27)28)16(26)23-13-9-11(17(19,20)21)3-5-14(13)24-7-1-6-22-24/h1-9H,(H,23,26). The number of nitro groups is 1. The molecule has 0 fully saturated rings. The summed E-state index contributed by atoms with van der Waals surface area (Å²) in [6.45, 7) is 0. The zero-order valence-corrected chi connectivity index (χ0v) is 14.5. The van der Waals surface area contributed by atoms with Crippen LogP contribution in [-0.4, -0.2) is 20.6 Å². The minimum atomic E-state index is -4.62. The second-order valence-electron chi connectivity index (χ2n) is 5.56. The van der Waals surface area contributed by atoms with E-state index in [1.807, 2.05) is 0 Å². The van der Waals surface area contributed by atoms with Crippen molar-refractivity contribution >= 4 is 28.9 Å². The molecule has 3 rings (SSSR count). The molecule has 11 heteroatoms. The molecule has 28 heavy (non-hydrogen) atoms. The number of anilines is 1. The van der Waals surface area contributed by atoms with E-state index >= 15 is 0 Å². The minimum absolute atomic E-state index is 0.139. The highest BCUT2D eigenvalue weighted by atomic mass is 35.5. The Morgan fingerprint density at radius 3 is 2.57 bits per heavy atom. The summed E-state index contributed by atoms with van der Waals surface area (Å²) in [4.78, 5) is 22.7. The summed E-state index contributed by atoms with van der Waals surface area (Å²) >= 11 is 5.71. The van der Waals surface area contributed by atoms with Crippen LogP contribution < -0.4 is 5.32 Å². The number of nitrogens with one attached hydrogen (secondary N) is 1. The van der Waals surface area contributed by atoms with E-state index in [1.54, 1.807) is 6.07 Å². The maximum Gasteiger partial charge on any atom is 0.416 e. The molecule has 0 aliphatic rings. The number of alkyl halides is 3. The summed E-state index contributed by atoms with van der Waals surface area (Å²) < 4.78 is 40.5. The fourth-order valence-corrected chi connectivity index (χ4v) is 2.60. The fraction of sp³-hybridized carbons (Fsp3) is 0.0588. The molecule has 0 aliphatic heterocycles. The number of hydrogen-bond acceptors (Lipinski definition) is 4. The Morgan fingerprint density at radius 2 is 1.96 bits per heavy atom. The van der Waals surface area contributed by atoms with Crippen LogP contribution in [0.1, 0.15) is 15.9 Å². The highest BCUT2D eigenvalue weighted by Gasteiger charge is 2.31. The molecule has 0 radical (unpaired) electrons. The van der Waals surface area contributed by atoms with Gasteiger partial charge in [-0.3, -0.25) is 14.9 Å². The third-order valence-corrected chi connectivity index (χ3v) is 4.05. The van der Waals surface area contributed by atoms with E-state index in [9.17, 15) is 28.1 Å². The van der Waals surface area contributed by atoms with E-state index < -0.39 is 28.3 Å². The average molecular weight is 411 g/mol. The molecule has 1 N–H and O–H groups in total. The molecule has 2 aromatic carbocycles. The number of nitro benzene ring substituents is 1. The molecule has 0 aliphatic carbocycles. The lowest BCUT2D eigenvalue weighted by atomic mass is 10.1. The van der Waals surface area contributed by atoms with Crippen molar-refractivity contribution in [2.24, 2.45) is 0 Å². The summed E-state index contributed by atoms with van der Waals surface area (Å²) in [5, 5.41) is 17.1. The van der Waals surface area contributed by atoms with Crippen molar-refractivity contribution in [2.75, 3.05) is 5.32 Å². The van der Waals surface area contributed by atoms with Crippen LogP contribution in [0, 0.1) is 10.1 Å². The zero-order valence-electron chi connectivity index (χ0n) is 13.8. The van der Waals surface area contributed by atoms with E-state index in [1.165, 1.54) is 23.1 Å². The van der Waals surface area contributed by atoms with Crippen molar-refractivity contribution in [3.63, 3.8) is 0 Å². The van der Waals surface area contributed by atoms with Crippen molar-refractivity contribution in [3.8, 4) is 5.69 Å². The Bertz CT molecular complexity index is 1050. The second-order valence-corrected chi connectivity index (χ2v) is 5.96. The first kappa shape index (κ1) is 19.4. The van der Waals surface area contributed by atoms with Crippen molar-refractivity contribution < 1.29 is 22.9 Å². The maximum absolute atomic E-state index is 13.1. The van der Waals surface area contributed by atoms with Gasteiger partial charge in [0.1, 0.15) is 5.02 Å². The van der Waals surface area contributed by atoms with E-state index in [4.69, 9.17) is 11.6 Å². The number of hydrogen-bond donors (Lipinski definition) is 1. The largest absolute Gasteiger partial charge is 0.416 e. The number of nitrogens with zero attached hydrogens (tertiary/aromatic N) is 3. The highest BCUT2D eigenvalue weighted by molar-refractivity contribution is 6.32. The predicted molar refractivity (Wildman–Crippen MR) is 94.6 cm³/mol. The first-order valence-electron chi connectivity index (χ1n) is 7.63. The summed E-state index contributed by atoms with van der Waals surface area (Å²) in [5.41, 5.74) is -1.58. The summed E-state index contributed by atoms with van der Waals surface area (Å²) in [5.74, 6) is -0.840. The third-order valence-electron chi connectivity index (χ3n) is 3.73. The minimum Gasteiger partial charge on any atom is -0.320 e. The van der Waals surface area contributed by atoms with E-state index in [0.717, 1.165) is 30.3 Å². The van der Waals surface area contributed by atoms with Gasteiger partial charge in [0.05, 0.1) is 21.9 Å². The lowest BCUT2D eigenvalue weighted by molar-refractivity contribution is -0.384. The Hall–Kier alpha value is -3.40. The molecule has 1 heterocycles. The summed E-state index contributed by atoms with van der Waals surface area (Å²) in [6.07, 6.45) is -1.71. The van der Waals surface area contributed by atoms with Gasteiger partial charge in [0, 0.05) is 24.0 Å². The molecule has 0 atom stereocenters. The van der Waals surface area contributed by atoms with E-state index in [-0.39, 0.29) is 22.0 Å². The van der Waals surface area contributed by atoms with Crippen LogP contribution in [0.4, 0.5) is 24.5 Å². The van der Waals surface area contributed by atoms with Crippen LogP contribution in [-0.2, 0) is 6.18 Å². The number of benzene rings is 2. The molecule has 0 spiro atoms. The third kappa shape index (κ3) is 3.96. The van der Waals surface area contributed by atoms with Gasteiger partial charge in [-0.15, -0.1) is 0 Å². The smallest absolute Gasteiger partial charge is 0.320 e. The SMILES string of the molecule is O=C(Nc1cc(C(F)(F)F)ccc1-n1cccn1)c1ccc(Cl)c([N+](=O)[O-])c1. The van der Waals surface area contributed by atoms with Crippen LogP contribution in [0.15, 0.2) is 54.9 Å². The van der Waals surface area contributed by atoms with Gasteiger partial charge >= 0.3 is 6.18 Å². The lowest BCUT2D eigenvalue weighted by Gasteiger charge is -2.15. The van der Waals surface area contributed by atoms with Gasteiger partial charge in [0.15, 0.2) is 0 Å². The number of halogens is 4. The molecular formula is C17H10ClF3N4O3. The number of rotatable bonds is 4. The molecule has 1 amide bonds. The summed E-state index contributed by atoms with van der Waals surface area (Å²) in [6, 6.07) is 7.68. The lowest BCUT2D eigenvalue weighted by Crippen LogP contribution is -2.16. The van der Waals surface area contributed by atoms with E-state index in [2.05, 4.69) is 10.4 Å². The Kier molecular flexibility index (Phi) is 5.06. The average Bonchev–Trinajstić information content (AvgIpc) is 3.15. The zero-order chi connectivity index (χ0) is 20.5. The van der Waals surface area contributed by atoms with Crippen molar-refractivity contribution in [1.29, 1.82) is 0 Å². The topological polar surface area (TPSA) is 90.1 Å². The second kappa shape index (κ2) is 7.31. The number of carbonyl (C=O) groups is 1. The highest BCUT2D eigenvalue weighted by Crippen LogP contribution is 2.33. The van der Waals surface area contributed by atoms with Crippen LogP contribution in [0.25, 0.3) is 5.69 Å². The van der Waals surface area contributed by atoms with E-state index in [0.29, 0.717) is 0 Å². The van der Waals surface area contributed by atoms with Gasteiger partial charge in [-0.1, -0.05) is 11.6 Å². The molecule has 0 bridgehead atoms.